The van der Waals surface area contributed by atoms with Gasteiger partial charge in [0, 0.05) is 18.1 Å². The minimum atomic E-state index is 0.262. The highest BCUT2D eigenvalue weighted by molar-refractivity contribution is 5.02. The minimum Gasteiger partial charge on any atom is -0.329 e. The monoisotopic (exact) mass is 294 g/mol. The third-order valence-corrected chi connectivity index (χ3v) is 6.78. The summed E-state index contributed by atoms with van der Waals surface area (Å²) in [4.78, 5) is 2.74. The van der Waals surface area contributed by atoms with Gasteiger partial charge in [-0.05, 0) is 62.8 Å². The van der Waals surface area contributed by atoms with Crippen LogP contribution in [-0.2, 0) is 0 Å². The maximum atomic E-state index is 6.39. The number of hydrogen-bond donors (Lipinski definition) is 1. The van der Waals surface area contributed by atoms with E-state index in [9.17, 15) is 0 Å². The standard InChI is InChI=1S/C19H38N2/c1-15(2)17-8-6-7-11-19(17,14-20)21(5)16-9-12-18(3,4)13-10-16/h15-17H,6-14,20H2,1-5H3. The molecule has 2 unspecified atom stereocenters. The fourth-order valence-corrected chi connectivity index (χ4v) is 5.17. The van der Waals surface area contributed by atoms with Gasteiger partial charge in [-0.3, -0.25) is 4.90 Å². The normalized spacial score (nSPS) is 34.6. The summed E-state index contributed by atoms with van der Waals surface area (Å²) in [5, 5.41) is 0. The molecule has 0 bridgehead atoms. The van der Waals surface area contributed by atoms with Crippen molar-refractivity contribution in [3.05, 3.63) is 0 Å². The van der Waals surface area contributed by atoms with Gasteiger partial charge in [-0.1, -0.05) is 40.5 Å². The lowest BCUT2D eigenvalue weighted by molar-refractivity contribution is -0.0394. The Kier molecular flexibility index (Phi) is 5.41. The number of likely N-dealkylation sites (N-methyl/N-ethyl adjacent to an activating group) is 1. The van der Waals surface area contributed by atoms with Crippen molar-refractivity contribution >= 4 is 0 Å². The van der Waals surface area contributed by atoms with E-state index in [-0.39, 0.29) is 5.54 Å². The van der Waals surface area contributed by atoms with E-state index < -0.39 is 0 Å². The second-order valence-electron chi connectivity index (χ2n) is 8.91. The van der Waals surface area contributed by atoms with E-state index in [4.69, 9.17) is 5.73 Å². The Morgan fingerprint density at radius 2 is 1.67 bits per heavy atom. The van der Waals surface area contributed by atoms with Crippen LogP contribution in [0.15, 0.2) is 0 Å². The van der Waals surface area contributed by atoms with Crippen molar-refractivity contribution in [1.29, 1.82) is 0 Å². The molecule has 0 heterocycles. The van der Waals surface area contributed by atoms with Gasteiger partial charge in [-0.2, -0.15) is 0 Å². The van der Waals surface area contributed by atoms with Crippen molar-refractivity contribution in [2.75, 3.05) is 13.6 Å². The lowest BCUT2D eigenvalue weighted by Crippen LogP contribution is -2.63. The van der Waals surface area contributed by atoms with Crippen molar-refractivity contribution in [2.45, 2.75) is 90.6 Å². The number of hydrogen-bond acceptors (Lipinski definition) is 2. The van der Waals surface area contributed by atoms with E-state index in [1.165, 1.54) is 51.4 Å². The van der Waals surface area contributed by atoms with Crippen molar-refractivity contribution in [3.8, 4) is 0 Å². The van der Waals surface area contributed by atoms with Gasteiger partial charge in [0.2, 0.25) is 0 Å². The van der Waals surface area contributed by atoms with Crippen LogP contribution in [0.3, 0.4) is 0 Å². The molecular formula is C19H38N2. The van der Waals surface area contributed by atoms with Crippen LogP contribution in [0.2, 0.25) is 0 Å². The smallest absolute Gasteiger partial charge is 0.0362 e. The van der Waals surface area contributed by atoms with Gasteiger partial charge < -0.3 is 5.73 Å². The Morgan fingerprint density at radius 3 is 2.19 bits per heavy atom. The molecule has 2 aliphatic carbocycles. The molecule has 0 aromatic rings. The van der Waals surface area contributed by atoms with Gasteiger partial charge in [0.25, 0.3) is 0 Å². The minimum absolute atomic E-state index is 0.262. The number of nitrogens with two attached hydrogens (primary N) is 1. The summed E-state index contributed by atoms with van der Waals surface area (Å²) in [5.74, 6) is 1.52. The van der Waals surface area contributed by atoms with Crippen molar-refractivity contribution in [3.63, 3.8) is 0 Å². The van der Waals surface area contributed by atoms with Crippen LogP contribution in [0.1, 0.15) is 79.1 Å². The molecule has 2 N–H and O–H groups in total. The number of rotatable bonds is 4. The lowest BCUT2D eigenvalue weighted by atomic mass is 9.65. The van der Waals surface area contributed by atoms with Crippen molar-refractivity contribution in [2.24, 2.45) is 23.0 Å². The highest BCUT2D eigenvalue weighted by Crippen LogP contribution is 2.45. The second-order valence-corrected chi connectivity index (χ2v) is 8.91. The molecular weight excluding hydrogens is 256 g/mol. The third kappa shape index (κ3) is 3.47. The summed E-state index contributed by atoms with van der Waals surface area (Å²) in [6.45, 7) is 10.5. The summed E-state index contributed by atoms with van der Waals surface area (Å²) in [6, 6.07) is 0.751. The van der Waals surface area contributed by atoms with Crippen LogP contribution in [0.25, 0.3) is 0 Å². The molecule has 2 rings (SSSR count). The SMILES string of the molecule is CC(C)C1CCCCC1(CN)N(C)C1CCC(C)(C)CC1. The van der Waals surface area contributed by atoms with E-state index in [2.05, 4.69) is 39.6 Å². The molecule has 0 amide bonds. The molecule has 2 aliphatic rings. The van der Waals surface area contributed by atoms with E-state index >= 15 is 0 Å². The fraction of sp³-hybridized carbons (Fsp3) is 1.00. The van der Waals surface area contributed by atoms with Gasteiger partial charge in [0.1, 0.15) is 0 Å². The van der Waals surface area contributed by atoms with Crippen LogP contribution in [0.4, 0.5) is 0 Å². The Morgan fingerprint density at radius 1 is 1.05 bits per heavy atom. The Labute approximate surface area is 132 Å². The van der Waals surface area contributed by atoms with Gasteiger partial charge in [0.15, 0.2) is 0 Å². The zero-order valence-electron chi connectivity index (χ0n) is 15.1. The molecule has 2 atom stereocenters. The van der Waals surface area contributed by atoms with Crippen LogP contribution in [-0.4, -0.2) is 30.1 Å². The topological polar surface area (TPSA) is 29.3 Å². The van der Waals surface area contributed by atoms with Gasteiger partial charge in [0.05, 0.1) is 0 Å². The first kappa shape index (κ1) is 17.3. The van der Waals surface area contributed by atoms with E-state index in [1.807, 2.05) is 0 Å². The van der Waals surface area contributed by atoms with Gasteiger partial charge in [-0.25, -0.2) is 0 Å². The molecule has 124 valence electrons. The fourth-order valence-electron chi connectivity index (χ4n) is 5.17. The first-order valence-corrected chi connectivity index (χ1v) is 9.25. The van der Waals surface area contributed by atoms with Crippen LogP contribution < -0.4 is 5.73 Å². The zero-order chi connectivity index (χ0) is 15.7. The van der Waals surface area contributed by atoms with E-state index in [1.54, 1.807) is 0 Å². The average Bonchev–Trinajstić information content (AvgIpc) is 2.46. The molecule has 0 radical (unpaired) electrons. The number of nitrogens with zero attached hydrogens (tertiary/aromatic N) is 1. The quantitative estimate of drug-likeness (QED) is 0.831. The molecule has 2 fully saturated rings. The molecule has 0 spiro atoms. The molecule has 2 saturated carbocycles. The molecule has 21 heavy (non-hydrogen) atoms. The summed E-state index contributed by atoms with van der Waals surface area (Å²) >= 11 is 0. The third-order valence-electron chi connectivity index (χ3n) is 6.78. The van der Waals surface area contributed by atoms with E-state index in [0.717, 1.165) is 24.4 Å². The van der Waals surface area contributed by atoms with Crippen LogP contribution >= 0.6 is 0 Å². The Hall–Kier alpha value is -0.0800. The van der Waals surface area contributed by atoms with Crippen LogP contribution in [0, 0.1) is 17.3 Å². The maximum Gasteiger partial charge on any atom is 0.0362 e. The molecule has 2 nitrogen and oxygen atoms in total. The average molecular weight is 295 g/mol. The Bertz CT molecular complexity index is 326. The highest BCUT2D eigenvalue weighted by Gasteiger charge is 2.46. The van der Waals surface area contributed by atoms with E-state index in [0.29, 0.717) is 5.41 Å². The first-order chi connectivity index (χ1) is 9.82. The van der Waals surface area contributed by atoms with Gasteiger partial charge >= 0.3 is 0 Å². The molecule has 0 saturated heterocycles. The highest BCUT2D eigenvalue weighted by atomic mass is 15.2. The largest absolute Gasteiger partial charge is 0.329 e. The van der Waals surface area contributed by atoms with Crippen molar-refractivity contribution < 1.29 is 0 Å². The first-order valence-electron chi connectivity index (χ1n) is 9.25. The summed E-state index contributed by atoms with van der Waals surface area (Å²) in [5.41, 5.74) is 7.20. The van der Waals surface area contributed by atoms with Crippen molar-refractivity contribution in [1.82, 2.24) is 4.90 Å². The van der Waals surface area contributed by atoms with Gasteiger partial charge in [-0.15, -0.1) is 0 Å². The predicted molar refractivity (Wildman–Crippen MR) is 92.4 cm³/mol. The lowest BCUT2D eigenvalue weighted by Gasteiger charge is -2.55. The molecule has 0 aromatic heterocycles. The predicted octanol–water partition coefficient (Wildman–Crippen LogP) is 4.43. The second kappa shape index (κ2) is 6.58. The maximum absolute atomic E-state index is 6.39. The molecule has 2 heteroatoms. The van der Waals surface area contributed by atoms with Crippen LogP contribution in [0.5, 0.6) is 0 Å². The zero-order valence-corrected chi connectivity index (χ0v) is 15.1. The summed E-state index contributed by atoms with van der Waals surface area (Å²) < 4.78 is 0. The molecule has 0 aromatic carbocycles. The summed E-state index contributed by atoms with van der Waals surface area (Å²) in [6.07, 6.45) is 10.9. The summed E-state index contributed by atoms with van der Waals surface area (Å²) in [7, 11) is 2.39. The molecule has 0 aliphatic heterocycles. The Balaban J connectivity index is 2.14.